The summed E-state index contributed by atoms with van der Waals surface area (Å²) in [6.45, 7) is 3.24. The van der Waals surface area contributed by atoms with Crippen LogP contribution in [0.4, 0.5) is 5.69 Å². The second-order valence-corrected chi connectivity index (χ2v) is 4.40. The summed E-state index contributed by atoms with van der Waals surface area (Å²) in [5.41, 5.74) is 8.10. The number of hydrogen-bond acceptors (Lipinski definition) is 3. The normalized spacial score (nSPS) is 10.4. The van der Waals surface area contributed by atoms with Crippen molar-refractivity contribution < 1.29 is 4.79 Å². The quantitative estimate of drug-likeness (QED) is 0.806. The minimum absolute atomic E-state index is 0.0531. The van der Waals surface area contributed by atoms with Crippen molar-refractivity contribution in [2.24, 2.45) is 0 Å². The van der Waals surface area contributed by atoms with Crippen LogP contribution in [0.1, 0.15) is 29.4 Å². The Balaban J connectivity index is 2.17. The Labute approximate surface area is 112 Å². The smallest absolute Gasteiger partial charge is 0.272 e. The van der Waals surface area contributed by atoms with Crippen LogP contribution in [0, 0.1) is 0 Å². The third kappa shape index (κ3) is 3.13. The highest BCUT2D eigenvalue weighted by Crippen LogP contribution is 2.15. The van der Waals surface area contributed by atoms with E-state index >= 15 is 0 Å². The molecule has 2 aromatic rings. The first-order valence-corrected chi connectivity index (χ1v) is 6.34. The van der Waals surface area contributed by atoms with Gasteiger partial charge in [-0.05, 0) is 24.1 Å². The lowest BCUT2D eigenvalue weighted by atomic mass is 10.1. The van der Waals surface area contributed by atoms with Crippen molar-refractivity contribution in [1.82, 2.24) is 15.1 Å². The first kappa shape index (κ1) is 13.1. The second kappa shape index (κ2) is 6.04. The molecule has 100 valence electrons. The fraction of sp³-hybridized carbons (Fsp3) is 0.286. The molecule has 1 heterocycles. The number of benzene rings is 1. The zero-order valence-electron chi connectivity index (χ0n) is 11.0. The van der Waals surface area contributed by atoms with Crippen LogP contribution in [0.2, 0.25) is 0 Å². The molecule has 0 aliphatic rings. The maximum atomic E-state index is 12.3. The molecular formula is C14H18N4O. The Morgan fingerprint density at radius 1 is 1.37 bits per heavy atom. The van der Waals surface area contributed by atoms with Crippen LogP contribution >= 0.6 is 0 Å². The number of nitrogens with two attached hydrogens (primary N) is 1. The van der Waals surface area contributed by atoms with E-state index in [2.05, 4.69) is 10.2 Å². The Morgan fingerprint density at radius 2 is 2.16 bits per heavy atom. The molecule has 1 aromatic carbocycles. The van der Waals surface area contributed by atoms with Crippen LogP contribution in [0.25, 0.3) is 0 Å². The lowest BCUT2D eigenvalue weighted by Gasteiger charge is -2.22. The number of H-pyrrole nitrogens is 1. The predicted molar refractivity (Wildman–Crippen MR) is 74.5 cm³/mol. The molecule has 0 saturated carbocycles. The number of nitrogen functional groups attached to an aromatic ring is 1. The van der Waals surface area contributed by atoms with Gasteiger partial charge in [0.2, 0.25) is 0 Å². The fourth-order valence-corrected chi connectivity index (χ4v) is 1.95. The molecule has 0 atom stereocenters. The number of anilines is 1. The second-order valence-electron chi connectivity index (χ2n) is 4.40. The molecule has 0 bridgehead atoms. The fourth-order valence-electron chi connectivity index (χ4n) is 1.95. The SMILES string of the molecule is CCCN(Cc1ccccc1N)C(=O)c1ccn[nH]1. The van der Waals surface area contributed by atoms with E-state index in [1.807, 2.05) is 31.2 Å². The lowest BCUT2D eigenvalue weighted by Crippen LogP contribution is -2.31. The van der Waals surface area contributed by atoms with Gasteiger partial charge < -0.3 is 10.6 Å². The number of carbonyl (C=O) groups excluding carboxylic acids is 1. The van der Waals surface area contributed by atoms with E-state index in [0.29, 0.717) is 24.5 Å². The van der Waals surface area contributed by atoms with Gasteiger partial charge in [0, 0.05) is 25.0 Å². The summed E-state index contributed by atoms with van der Waals surface area (Å²) in [7, 11) is 0. The number of rotatable bonds is 5. The lowest BCUT2D eigenvalue weighted by molar-refractivity contribution is 0.0737. The minimum atomic E-state index is -0.0531. The summed E-state index contributed by atoms with van der Waals surface area (Å²) in [6, 6.07) is 9.29. The van der Waals surface area contributed by atoms with E-state index in [0.717, 1.165) is 12.0 Å². The summed E-state index contributed by atoms with van der Waals surface area (Å²) >= 11 is 0. The van der Waals surface area contributed by atoms with Gasteiger partial charge in [0.05, 0.1) is 0 Å². The van der Waals surface area contributed by atoms with E-state index in [-0.39, 0.29) is 5.91 Å². The molecule has 5 nitrogen and oxygen atoms in total. The molecule has 5 heteroatoms. The summed E-state index contributed by atoms with van der Waals surface area (Å²) in [6.07, 6.45) is 2.47. The van der Waals surface area contributed by atoms with Gasteiger partial charge in [-0.1, -0.05) is 25.1 Å². The van der Waals surface area contributed by atoms with E-state index in [1.54, 1.807) is 17.2 Å². The van der Waals surface area contributed by atoms with Crippen LogP contribution in [-0.2, 0) is 6.54 Å². The molecule has 0 spiro atoms. The van der Waals surface area contributed by atoms with Crippen LogP contribution < -0.4 is 5.73 Å². The Hall–Kier alpha value is -2.30. The molecule has 0 radical (unpaired) electrons. The number of carbonyl (C=O) groups is 1. The van der Waals surface area contributed by atoms with Crippen molar-refractivity contribution in [2.45, 2.75) is 19.9 Å². The molecule has 0 fully saturated rings. The maximum absolute atomic E-state index is 12.3. The van der Waals surface area contributed by atoms with Gasteiger partial charge >= 0.3 is 0 Å². The molecule has 0 saturated heterocycles. The zero-order chi connectivity index (χ0) is 13.7. The molecular weight excluding hydrogens is 240 g/mol. The Kier molecular flexibility index (Phi) is 4.18. The molecule has 0 aliphatic carbocycles. The van der Waals surface area contributed by atoms with Crippen molar-refractivity contribution in [1.29, 1.82) is 0 Å². The van der Waals surface area contributed by atoms with E-state index in [9.17, 15) is 4.79 Å². The number of amides is 1. The minimum Gasteiger partial charge on any atom is -0.398 e. The highest BCUT2D eigenvalue weighted by atomic mass is 16.2. The van der Waals surface area contributed by atoms with E-state index in [4.69, 9.17) is 5.73 Å². The first-order chi connectivity index (χ1) is 9.22. The largest absolute Gasteiger partial charge is 0.398 e. The number of para-hydroxylation sites is 1. The predicted octanol–water partition coefficient (Wildman–Crippen LogP) is 2.04. The van der Waals surface area contributed by atoms with Crippen LogP contribution in [0.3, 0.4) is 0 Å². The third-order valence-electron chi connectivity index (χ3n) is 2.93. The van der Waals surface area contributed by atoms with Crippen molar-refractivity contribution in [3.63, 3.8) is 0 Å². The summed E-state index contributed by atoms with van der Waals surface area (Å²) in [5, 5.41) is 6.52. The highest BCUT2D eigenvalue weighted by molar-refractivity contribution is 5.92. The van der Waals surface area contributed by atoms with Gasteiger partial charge in [-0.15, -0.1) is 0 Å². The van der Waals surface area contributed by atoms with Crippen molar-refractivity contribution in [3.05, 3.63) is 47.8 Å². The van der Waals surface area contributed by atoms with Crippen molar-refractivity contribution in [3.8, 4) is 0 Å². The van der Waals surface area contributed by atoms with Gasteiger partial charge in [-0.3, -0.25) is 9.89 Å². The highest BCUT2D eigenvalue weighted by Gasteiger charge is 2.17. The Morgan fingerprint density at radius 3 is 2.79 bits per heavy atom. The van der Waals surface area contributed by atoms with E-state index in [1.165, 1.54) is 0 Å². The summed E-state index contributed by atoms with van der Waals surface area (Å²) in [4.78, 5) is 14.1. The zero-order valence-corrected chi connectivity index (χ0v) is 11.0. The number of nitrogens with one attached hydrogen (secondary N) is 1. The van der Waals surface area contributed by atoms with Gasteiger partial charge in [-0.2, -0.15) is 5.10 Å². The Bertz CT molecular complexity index is 536. The van der Waals surface area contributed by atoms with Gasteiger partial charge in [0.1, 0.15) is 5.69 Å². The molecule has 1 aromatic heterocycles. The topological polar surface area (TPSA) is 75.0 Å². The van der Waals surface area contributed by atoms with Gasteiger partial charge in [-0.25, -0.2) is 0 Å². The summed E-state index contributed by atoms with van der Waals surface area (Å²) < 4.78 is 0. The van der Waals surface area contributed by atoms with Crippen LogP contribution in [0.15, 0.2) is 36.5 Å². The van der Waals surface area contributed by atoms with Gasteiger partial charge in [0.25, 0.3) is 5.91 Å². The monoisotopic (exact) mass is 258 g/mol. The number of hydrogen-bond donors (Lipinski definition) is 2. The number of aromatic nitrogens is 2. The van der Waals surface area contributed by atoms with Crippen molar-refractivity contribution in [2.75, 3.05) is 12.3 Å². The standard InChI is InChI=1S/C14H18N4O/c1-2-9-18(14(19)13-7-8-16-17-13)10-11-5-3-4-6-12(11)15/h3-8H,2,9-10,15H2,1H3,(H,16,17). The molecule has 19 heavy (non-hydrogen) atoms. The van der Waals surface area contributed by atoms with Crippen LogP contribution in [-0.4, -0.2) is 27.5 Å². The van der Waals surface area contributed by atoms with Gasteiger partial charge in [0.15, 0.2) is 0 Å². The average molecular weight is 258 g/mol. The van der Waals surface area contributed by atoms with Crippen LogP contribution in [0.5, 0.6) is 0 Å². The molecule has 0 aliphatic heterocycles. The average Bonchev–Trinajstić information content (AvgIpc) is 2.94. The number of aromatic amines is 1. The first-order valence-electron chi connectivity index (χ1n) is 6.34. The molecule has 3 N–H and O–H groups in total. The molecule has 2 rings (SSSR count). The summed E-state index contributed by atoms with van der Waals surface area (Å²) in [5.74, 6) is -0.0531. The third-order valence-corrected chi connectivity index (χ3v) is 2.93. The number of nitrogens with zero attached hydrogens (tertiary/aromatic N) is 2. The van der Waals surface area contributed by atoms with Crippen molar-refractivity contribution >= 4 is 11.6 Å². The van der Waals surface area contributed by atoms with E-state index < -0.39 is 0 Å². The molecule has 0 unspecified atom stereocenters. The maximum Gasteiger partial charge on any atom is 0.272 e. The molecule has 1 amide bonds.